The molecule has 3 rings (SSSR count). The van der Waals surface area contributed by atoms with Gasteiger partial charge in [0.2, 0.25) is 0 Å². The van der Waals surface area contributed by atoms with E-state index < -0.39 is 0 Å². The average Bonchev–Trinajstić information content (AvgIpc) is 2.60. The van der Waals surface area contributed by atoms with Crippen LogP contribution in [0, 0.1) is 0 Å². The molecule has 0 amide bonds. The Hall–Kier alpha value is -1.48. The monoisotopic (exact) mass is 230 g/mol. The van der Waals surface area contributed by atoms with Gasteiger partial charge in [-0.3, -0.25) is 4.84 Å². The van der Waals surface area contributed by atoms with E-state index in [1.54, 1.807) is 0 Å². The number of hydrogen-bond donors (Lipinski definition) is 0. The van der Waals surface area contributed by atoms with Crippen molar-refractivity contribution in [2.45, 2.75) is 25.5 Å². The third kappa shape index (κ3) is 2.03. The van der Waals surface area contributed by atoms with Crippen molar-refractivity contribution >= 4 is 0 Å². The Morgan fingerprint density at radius 2 is 2.12 bits per heavy atom. The molecule has 0 saturated carbocycles. The molecule has 3 heteroatoms. The Morgan fingerprint density at radius 1 is 1.29 bits per heavy atom. The van der Waals surface area contributed by atoms with E-state index >= 15 is 0 Å². The zero-order valence-electron chi connectivity index (χ0n) is 10.0. The first-order valence-corrected chi connectivity index (χ1v) is 6.24. The van der Waals surface area contributed by atoms with Crippen molar-refractivity contribution < 1.29 is 4.84 Å². The molecule has 1 aromatic carbocycles. The van der Waals surface area contributed by atoms with Crippen LogP contribution < -0.4 is 0 Å². The molecule has 2 heterocycles. The molecule has 2 bridgehead atoms. The summed E-state index contributed by atoms with van der Waals surface area (Å²) < 4.78 is 0. The lowest BCUT2D eigenvalue weighted by Crippen LogP contribution is -2.31. The standard InChI is InChI=1S/C14H18N2O/c1-12-15-9-5-8-14(10-15)16(12)17-11-13-6-3-2-4-7-13/h2-4,6-7,14H,1,5,8-11H2. The molecule has 1 atom stereocenters. The Morgan fingerprint density at radius 3 is 2.88 bits per heavy atom. The largest absolute Gasteiger partial charge is 0.355 e. The molecule has 0 aliphatic carbocycles. The maximum atomic E-state index is 5.91. The van der Waals surface area contributed by atoms with E-state index in [4.69, 9.17) is 4.84 Å². The molecular weight excluding hydrogens is 212 g/mol. The Balaban J connectivity index is 1.64. The predicted octanol–water partition coefficient (Wildman–Crippen LogP) is 2.37. The summed E-state index contributed by atoms with van der Waals surface area (Å²) in [6.45, 7) is 6.95. The average molecular weight is 230 g/mol. The van der Waals surface area contributed by atoms with Gasteiger partial charge in [0.25, 0.3) is 0 Å². The minimum Gasteiger partial charge on any atom is -0.355 e. The summed E-state index contributed by atoms with van der Waals surface area (Å²) in [6, 6.07) is 10.8. The molecule has 1 unspecified atom stereocenters. The highest BCUT2D eigenvalue weighted by molar-refractivity contribution is 5.13. The lowest BCUT2D eigenvalue weighted by atomic mass is 10.1. The van der Waals surface area contributed by atoms with Crippen LogP contribution in [0.25, 0.3) is 0 Å². The first-order valence-electron chi connectivity index (χ1n) is 6.24. The summed E-state index contributed by atoms with van der Waals surface area (Å²) in [7, 11) is 0. The molecule has 17 heavy (non-hydrogen) atoms. The molecular formula is C14H18N2O. The SMILES string of the molecule is C=C1N2CCCC(C2)N1OCc1ccccc1. The molecule has 2 fully saturated rings. The fraction of sp³-hybridized carbons (Fsp3) is 0.429. The first kappa shape index (κ1) is 10.7. The van der Waals surface area contributed by atoms with Gasteiger partial charge in [-0.25, -0.2) is 5.06 Å². The van der Waals surface area contributed by atoms with E-state index in [-0.39, 0.29) is 0 Å². The topological polar surface area (TPSA) is 15.7 Å². The quantitative estimate of drug-likeness (QED) is 0.793. The van der Waals surface area contributed by atoms with Gasteiger partial charge in [0.05, 0.1) is 12.6 Å². The Labute approximate surface area is 102 Å². The van der Waals surface area contributed by atoms with E-state index in [9.17, 15) is 0 Å². The van der Waals surface area contributed by atoms with Gasteiger partial charge in [0.15, 0.2) is 0 Å². The number of hydroxylamine groups is 2. The second-order valence-electron chi connectivity index (χ2n) is 4.74. The van der Waals surface area contributed by atoms with Crippen LogP contribution in [0.1, 0.15) is 18.4 Å². The Kier molecular flexibility index (Phi) is 2.77. The van der Waals surface area contributed by atoms with Crippen molar-refractivity contribution in [2.24, 2.45) is 0 Å². The van der Waals surface area contributed by atoms with Gasteiger partial charge in [-0.05, 0) is 18.4 Å². The van der Waals surface area contributed by atoms with Crippen LogP contribution in [-0.4, -0.2) is 29.1 Å². The minimum absolute atomic E-state index is 0.500. The van der Waals surface area contributed by atoms with Crippen molar-refractivity contribution in [1.29, 1.82) is 0 Å². The third-order valence-electron chi connectivity index (χ3n) is 3.56. The van der Waals surface area contributed by atoms with E-state index in [0.29, 0.717) is 12.6 Å². The van der Waals surface area contributed by atoms with Gasteiger partial charge in [-0.2, -0.15) is 0 Å². The molecule has 2 aliphatic heterocycles. The molecule has 0 aromatic heterocycles. The number of benzene rings is 1. The fourth-order valence-corrected chi connectivity index (χ4v) is 2.63. The second kappa shape index (κ2) is 4.41. The highest BCUT2D eigenvalue weighted by Crippen LogP contribution is 2.30. The van der Waals surface area contributed by atoms with E-state index in [2.05, 4.69) is 23.6 Å². The summed E-state index contributed by atoms with van der Waals surface area (Å²) in [5.41, 5.74) is 1.21. The summed E-state index contributed by atoms with van der Waals surface area (Å²) in [4.78, 5) is 8.23. The lowest BCUT2D eigenvalue weighted by Gasteiger charge is -2.23. The molecule has 1 aromatic rings. The van der Waals surface area contributed by atoms with E-state index in [1.165, 1.54) is 18.4 Å². The number of nitrogens with zero attached hydrogens (tertiary/aromatic N) is 2. The molecule has 2 aliphatic rings. The van der Waals surface area contributed by atoms with Crippen LogP contribution in [0.5, 0.6) is 0 Å². The molecule has 0 N–H and O–H groups in total. The van der Waals surface area contributed by atoms with E-state index in [0.717, 1.165) is 18.9 Å². The highest BCUT2D eigenvalue weighted by Gasteiger charge is 2.36. The van der Waals surface area contributed by atoms with Crippen LogP contribution in [-0.2, 0) is 11.4 Å². The smallest absolute Gasteiger partial charge is 0.122 e. The number of hydrogen-bond acceptors (Lipinski definition) is 3. The van der Waals surface area contributed by atoms with Gasteiger partial charge in [0, 0.05) is 13.1 Å². The van der Waals surface area contributed by atoms with Crippen molar-refractivity contribution in [3.05, 3.63) is 48.3 Å². The van der Waals surface area contributed by atoms with Crippen LogP contribution in [0.4, 0.5) is 0 Å². The fourth-order valence-electron chi connectivity index (χ4n) is 2.63. The maximum absolute atomic E-state index is 5.91. The number of rotatable bonds is 3. The van der Waals surface area contributed by atoms with Crippen LogP contribution in [0.15, 0.2) is 42.7 Å². The van der Waals surface area contributed by atoms with Gasteiger partial charge in [-0.15, -0.1) is 0 Å². The maximum Gasteiger partial charge on any atom is 0.122 e. The number of piperidine rings is 1. The first-order chi connectivity index (χ1) is 8.34. The third-order valence-corrected chi connectivity index (χ3v) is 3.56. The summed E-state index contributed by atoms with van der Waals surface area (Å²) in [5, 5.41) is 2.01. The van der Waals surface area contributed by atoms with Crippen LogP contribution in [0.3, 0.4) is 0 Å². The minimum atomic E-state index is 0.500. The molecule has 0 spiro atoms. The predicted molar refractivity (Wildman–Crippen MR) is 66.8 cm³/mol. The second-order valence-corrected chi connectivity index (χ2v) is 4.74. The zero-order chi connectivity index (χ0) is 11.7. The van der Waals surface area contributed by atoms with Crippen LogP contribution >= 0.6 is 0 Å². The van der Waals surface area contributed by atoms with Crippen molar-refractivity contribution in [3.8, 4) is 0 Å². The molecule has 0 radical (unpaired) electrons. The van der Waals surface area contributed by atoms with Crippen molar-refractivity contribution in [1.82, 2.24) is 9.96 Å². The van der Waals surface area contributed by atoms with Gasteiger partial charge in [0.1, 0.15) is 5.82 Å². The van der Waals surface area contributed by atoms with E-state index in [1.807, 2.05) is 23.3 Å². The van der Waals surface area contributed by atoms with Gasteiger partial charge < -0.3 is 4.90 Å². The number of fused-ring (bicyclic) bond motifs is 2. The molecule has 90 valence electrons. The van der Waals surface area contributed by atoms with Crippen molar-refractivity contribution in [3.63, 3.8) is 0 Å². The van der Waals surface area contributed by atoms with Crippen molar-refractivity contribution in [2.75, 3.05) is 13.1 Å². The molecule has 3 nitrogen and oxygen atoms in total. The van der Waals surface area contributed by atoms with Gasteiger partial charge >= 0.3 is 0 Å². The lowest BCUT2D eigenvalue weighted by molar-refractivity contribution is -0.156. The van der Waals surface area contributed by atoms with Gasteiger partial charge in [-0.1, -0.05) is 36.9 Å². The highest BCUT2D eigenvalue weighted by atomic mass is 16.7. The molecule has 2 saturated heterocycles. The zero-order valence-corrected chi connectivity index (χ0v) is 10.0. The normalized spacial score (nSPS) is 23.3. The summed E-state index contributed by atoms with van der Waals surface area (Å²) in [5.74, 6) is 1.03. The Bertz CT molecular complexity index is 404. The summed E-state index contributed by atoms with van der Waals surface area (Å²) in [6.07, 6.45) is 2.46. The summed E-state index contributed by atoms with van der Waals surface area (Å²) >= 11 is 0. The van der Waals surface area contributed by atoms with Crippen LogP contribution in [0.2, 0.25) is 0 Å².